The monoisotopic (exact) mass is 237 g/mol. The molecule has 1 atom stereocenters. The minimum absolute atomic E-state index is 0.120. The van der Waals surface area contributed by atoms with Gasteiger partial charge in [0.1, 0.15) is 0 Å². The van der Waals surface area contributed by atoms with E-state index in [4.69, 9.17) is 11.6 Å². The van der Waals surface area contributed by atoms with E-state index in [0.29, 0.717) is 5.92 Å². The van der Waals surface area contributed by atoms with Crippen molar-refractivity contribution in [1.82, 2.24) is 5.32 Å². The van der Waals surface area contributed by atoms with Crippen LogP contribution >= 0.6 is 11.6 Å². The first kappa shape index (κ1) is 11.9. The molecule has 88 valence electrons. The number of nitrogens with one attached hydrogen (secondary N) is 1. The van der Waals surface area contributed by atoms with Crippen LogP contribution < -0.4 is 5.32 Å². The van der Waals surface area contributed by atoms with Crippen LogP contribution in [0.1, 0.15) is 50.7 Å². The molecule has 16 heavy (non-hydrogen) atoms. The van der Waals surface area contributed by atoms with Gasteiger partial charge in [-0.1, -0.05) is 31.5 Å². The highest BCUT2D eigenvalue weighted by atomic mass is 35.5. The summed E-state index contributed by atoms with van der Waals surface area (Å²) < 4.78 is 0. The molecule has 1 aromatic rings. The van der Waals surface area contributed by atoms with Gasteiger partial charge in [-0.25, -0.2) is 0 Å². The molecule has 2 heteroatoms. The smallest absolute Gasteiger partial charge is 0.0412 e. The van der Waals surface area contributed by atoms with Crippen molar-refractivity contribution in [3.05, 3.63) is 34.3 Å². The number of hydrogen-bond acceptors (Lipinski definition) is 1. The molecule has 0 aliphatic carbocycles. The third-order valence-corrected chi connectivity index (χ3v) is 3.81. The minimum Gasteiger partial charge on any atom is -0.308 e. The summed E-state index contributed by atoms with van der Waals surface area (Å²) in [4.78, 5) is 0. The zero-order chi connectivity index (χ0) is 11.8. The molecule has 1 fully saturated rings. The Hall–Kier alpha value is -0.530. The summed E-state index contributed by atoms with van der Waals surface area (Å²) in [6.07, 6.45) is 2.45. The Morgan fingerprint density at radius 2 is 2.06 bits per heavy atom. The lowest BCUT2D eigenvalue weighted by molar-refractivity contribution is 0.434. The van der Waals surface area contributed by atoms with E-state index in [1.807, 2.05) is 0 Å². The maximum atomic E-state index is 6.21. The number of halogens is 1. The molecule has 1 nitrogen and oxygen atoms in total. The second-order valence-corrected chi connectivity index (χ2v) is 5.73. The first-order chi connectivity index (χ1) is 7.51. The molecule has 0 radical (unpaired) electrons. The molecule has 1 saturated heterocycles. The van der Waals surface area contributed by atoms with Crippen molar-refractivity contribution in [1.29, 1.82) is 0 Å². The summed E-state index contributed by atoms with van der Waals surface area (Å²) in [5.74, 6) is 0.530. The van der Waals surface area contributed by atoms with Crippen LogP contribution in [0.2, 0.25) is 5.02 Å². The second kappa shape index (κ2) is 4.38. The van der Waals surface area contributed by atoms with Crippen LogP contribution in [-0.4, -0.2) is 6.54 Å². The third kappa shape index (κ3) is 2.26. The van der Waals surface area contributed by atoms with Gasteiger partial charge in [-0.15, -0.1) is 0 Å². The van der Waals surface area contributed by atoms with Crippen LogP contribution in [0.15, 0.2) is 18.2 Å². The topological polar surface area (TPSA) is 12.0 Å². The van der Waals surface area contributed by atoms with Crippen molar-refractivity contribution >= 4 is 11.6 Å². The van der Waals surface area contributed by atoms with E-state index < -0.39 is 0 Å². The van der Waals surface area contributed by atoms with Crippen LogP contribution in [0.3, 0.4) is 0 Å². The standard InChI is InChI=1S/C14H20ClN/c1-10(2)11-7-12(9-13(15)8-11)14(3)5-4-6-16-14/h7-10,16H,4-6H2,1-3H3. The summed E-state index contributed by atoms with van der Waals surface area (Å²) in [7, 11) is 0. The molecule has 0 spiro atoms. The van der Waals surface area contributed by atoms with E-state index in [9.17, 15) is 0 Å². The molecule has 0 amide bonds. The van der Waals surface area contributed by atoms with Gasteiger partial charge in [0.2, 0.25) is 0 Å². The number of rotatable bonds is 2. The third-order valence-electron chi connectivity index (χ3n) is 3.59. The van der Waals surface area contributed by atoms with Gasteiger partial charge in [0.05, 0.1) is 0 Å². The molecular formula is C14H20ClN. The Morgan fingerprint density at radius 1 is 1.31 bits per heavy atom. The Bertz CT molecular complexity index is 378. The Balaban J connectivity index is 2.40. The fourth-order valence-electron chi connectivity index (χ4n) is 2.41. The van der Waals surface area contributed by atoms with Crippen molar-refractivity contribution in [2.75, 3.05) is 6.54 Å². The van der Waals surface area contributed by atoms with Gasteiger partial charge in [0.15, 0.2) is 0 Å². The molecule has 0 bridgehead atoms. The lowest BCUT2D eigenvalue weighted by Gasteiger charge is -2.26. The quantitative estimate of drug-likeness (QED) is 0.818. The highest BCUT2D eigenvalue weighted by Crippen LogP contribution is 2.33. The van der Waals surface area contributed by atoms with Crippen LogP contribution in [0.25, 0.3) is 0 Å². The molecule has 1 aromatic carbocycles. The maximum Gasteiger partial charge on any atom is 0.0412 e. The highest BCUT2D eigenvalue weighted by molar-refractivity contribution is 6.30. The van der Waals surface area contributed by atoms with E-state index in [-0.39, 0.29) is 5.54 Å². The van der Waals surface area contributed by atoms with E-state index in [1.165, 1.54) is 24.0 Å². The first-order valence-electron chi connectivity index (χ1n) is 6.07. The van der Waals surface area contributed by atoms with Crippen molar-refractivity contribution in [2.24, 2.45) is 0 Å². The molecule has 1 aliphatic heterocycles. The minimum atomic E-state index is 0.120. The Labute approximate surface area is 103 Å². The van der Waals surface area contributed by atoms with E-state index >= 15 is 0 Å². The summed E-state index contributed by atoms with van der Waals surface area (Å²) >= 11 is 6.21. The Kier molecular flexibility index (Phi) is 3.27. The van der Waals surface area contributed by atoms with Gasteiger partial charge >= 0.3 is 0 Å². The molecule has 1 aliphatic rings. The van der Waals surface area contributed by atoms with Gasteiger partial charge in [0, 0.05) is 10.6 Å². The summed E-state index contributed by atoms with van der Waals surface area (Å²) in [6, 6.07) is 6.48. The zero-order valence-corrected chi connectivity index (χ0v) is 11.1. The second-order valence-electron chi connectivity index (χ2n) is 5.29. The summed E-state index contributed by atoms with van der Waals surface area (Å²) in [5.41, 5.74) is 2.78. The van der Waals surface area contributed by atoms with Crippen LogP contribution in [0.5, 0.6) is 0 Å². The van der Waals surface area contributed by atoms with Crippen molar-refractivity contribution in [3.8, 4) is 0 Å². The molecule has 2 rings (SSSR count). The van der Waals surface area contributed by atoms with Crippen molar-refractivity contribution in [2.45, 2.75) is 45.1 Å². The van der Waals surface area contributed by atoms with Gasteiger partial charge < -0.3 is 5.32 Å². The van der Waals surface area contributed by atoms with Gasteiger partial charge in [-0.3, -0.25) is 0 Å². The number of benzene rings is 1. The Morgan fingerprint density at radius 3 is 2.62 bits per heavy atom. The van der Waals surface area contributed by atoms with Crippen molar-refractivity contribution < 1.29 is 0 Å². The lowest BCUT2D eigenvalue weighted by Crippen LogP contribution is -2.33. The maximum absolute atomic E-state index is 6.21. The van der Waals surface area contributed by atoms with Crippen LogP contribution in [0.4, 0.5) is 0 Å². The normalized spacial score (nSPS) is 25.3. The largest absolute Gasteiger partial charge is 0.308 e. The van der Waals surface area contributed by atoms with E-state index in [1.54, 1.807) is 0 Å². The molecule has 1 N–H and O–H groups in total. The fourth-order valence-corrected chi connectivity index (χ4v) is 2.65. The predicted octanol–water partition coefficient (Wildman–Crippen LogP) is 4.06. The SMILES string of the molecule is CC(C)c1cc(Cl)cc(C2(C)CCCN2)c1. The first-order valence-corrected chi connectivity index (χ1v) is 6.45. The lowest BCUT2D eigenvalue weighted by atomic mass is 9.88. The summed E-state index contributed by atoms with van der Waals surface area (Å²) in [5, 5.41) is 4.44. The van der Waals surface area contributed by atoms with Crippen LogP contribution in [0, 0.1) is 0 Å². The summed E-state index contributed by atoms with van der Waals surface area (Å²) in [6.45, 7) is 7.80. The highest BCUT2D eigenvalue weighted by Gasteiger charge is 2.30. The van der Waals surface area contributed by atoms with Crippen LogP contribution in [-0.2, 0) is 5.54 Å². The van der Waals surface area contributed by atoms with Gasteiger partial charge in [-0.05, 0) is 55.5 Å². The molecule has 1 unspecified atom stereocenters. The van der Waals surface area contributed by atoms with Crippen molar-refractivity contribution in [3.63, 3.8) is 0 Å². The average Bonchev–Trinajstić information content (AvgIpc) is 2.65. The van der Waals surface area contributed by atoms with Gasteiger partial charge in [0.25, 0.3) is 0 Å². The molecule has 0 aromatic heterocycles. The van der Waals surface area contributed by atoms with Gasteiger partial charge in [-0.2, -0.15) is 0 Å². The fraction of sp³-hybridized carbons (Fsp3) is 0.571. The zero-order valence-electron chi connectivity index (χ0n) is 10.3. The predicted molar refractivity (Wildman–Crippen MR) is 70.1 cm³/mol. The molecule has 0 saturated carbocycles. The van der Waals surface area contributed by atoms with E-state index in [0.717, 1.165) is 11.6 Å². The number of hydrogen-bond donors (Lipinski definition) is 1. The van der Waals surface area contributed by atoms with E-state index in [2.05, 4.69) is 44.3 Å². The average molecular weight is 238 g/mol. The molecular weight excluding hydrogens is 218 g/mol. The molecule has 1 heterocycles.